The average molecular weight is 281 g/mol. The Labute approximate surface area is 126 Å². The van der Waals surface area contributed by atoms with E-state index in [1.54, 1.807) is 0 Å². The van der Waals surface area contributed by atoms with Crippen molar-refractivity contribution in [3.63, 3.8) is 0 Å². The third kappa shape index (κ3) is 2.87. The maximum absolute atomic E-state index is 10.8. The first-order chi connectivity index (χ1) is 10.2. The molecule has 1 aliphatic rings. The molecular formula is C19H23NO. The number of fused-ring (bicyclic) bond motifs is 1. The van der Waals surface area contributed by atoms with Crippen LogP contribution in [0.15, 0.2) is 48.5 Å². The summed E-state index contributed by atoms with van der Waals surface area (Å²) in [5, 5.41) is 14.2. The number of aliphatic hydroxyl groups is 1. The molecule has 0 fully saturated rings. The van der Waals surface area contributed by atoms with Gasteiger partial charge < -0.3 is 10.4 Å². The molecule has 0 aliphatic carbocycles. The van der Waals surface area contributed by atoms with Crippen molar-refractivity contribution in [2.45, 2.75) is 38.3 Å². The Bertz CT molecular complexity index is 603. The quantitative estimate of drug-likeness (QED) is 0.898. The summed E-state index contributed by atoms with van der Waals surface area (Å²) in [6.45, 7) is 5.29. The van der Waals surface area contributed by atoms with E-state index in [4.69, 9.17) is 0 Å². The number of hydrogen-bond acceptors (Lipinski definition) is 2. The molecule has 0 radical (unpaired) electrons. The predicted octanol–water partition coefficient (Wildman–Crippen LogP) is 3.73. The molecule has 2 atom stereocenters. The largest absolute Gasteiger partial charge is 0.386 e. The number of aliphatic hydroxyl groups excluding tert-OH is 1. The summed E-state index contributed by atoms with van der Waals surface area (Å²) in [6.07, 6.45) is 0.527. The molecule has 0 amide bonds. The Morgan fingerprint density at radius 1 is 1.00 bits per heavy atom. The zero-order chi connectivity index (χ0) is 14.8. The summed E-state index contributed by atoms with van der Waals surface area (Å²) in [5.41, 5.74) is 4.86. The van der Waals surface area contributed by atoms with Gasteiger partial charge in [0.1, 0.15) is 0 Å². The van der Waals surface area contributed by atoms with Crippen molar-refractivity contribution < 1.29 is 5.11 Å². The molecule has 1 aliphatic heterocycles. The van der Waals surface area contributed by atoms with E-state index in [-0.39, 0.29) is 6.04 Å². The van der Waals surface area contributed by atoms with Crippen LogP contribution in [0.25, 0.3) is 0 Å². The highest BCUT2D eigenvalue weighted by Crippen LogP contribution is 2.33. The first-order valence-electron chi connectivity index (χ1n) is 7.76. The molecule has 3 rings (SSSR count). The van der Waals surface area contributed by atoms with Gasteiger partial charge in [-0.05, 0) is 41.1 Å². The number of hydrogen-bond donors (Lipinski definition) is 2. The molecule has 0 saturated carbocycles. The van der Waals surface area contributed by atoms with Crippen LogP contribution < -0.4 is 5.32 Å². The summed E-state index contributed by atoms with van der Waals surface area (Å²) in [5.74, 6) is 0.518. The van der Waals surface area contributed by atoms with E-state index >= 15 is 0 Å². The van der Waals surface area contributed by atoms with E-state index in [1.165, 1.54) is 16.7 Å². The molecule has 2 nitrogen and oxygen atoms in total. The normalized spacial score (nSPS) is 19.3. The van der Waals surface area contributed by atoms with Crippen molar-refractivity contribution in [1.82, 2.24) is 5.32 Å². The first kappa shape index (κ1) is 14.3. The molecule has 2 aromatic carbocycles. The molecule has 21 heavy (non-hydrogen) atoms. The zero-order valence-corrected chi connectivity index (χ0v) is 12.7. The van der Waals surface area contributed by atoms with Gasteiger partial charge in [0.2, 0.25) is 0 Å². The van der Waals surface area contributed by atoms with Crippen LogP contribution in [-0.2, 0) is 6.42 Å². The highest BCUT2D eigenvalue weighted by molar-refractivity contribution is 5.36. The van der Waals surface area contributed by atoms with Gasteiger partial charge >= 0.3 is 0 Å². The molecule has 0 aromatic heterocycles. The molecular weight excluding hydrogens is 258 g/mol. The highest BCUT2D eigenvalue weighted by Gasteiger charge is 2.26. The van der Waals surface area contributed by atoms with Crippen molar-refractivity contribution in [1.29, 1.82) is 0 Å². The van der Waals surface area contributed by atoms with Crippen LogP contribution in [-0.4, -0.2) is 11.7 Å². The fourth-order valence-electron chi connectivity index (χ4n) is 3.09. The van der Waals surface area contributed by atoms with Gasteiger partial charge in [-0.1, -0.05) is 62.4 Å². The average Bonchev–Trinajstić information content (AvgIpc) is 2.53. The van der Waals surface area contributed by atoms with Crippen LogP contribution in [0.1, 0.15) is 54.2 Å². The van der Waals surface area contributed by atoms with Crippen LogP contribution in [0.2, 0.25) is 0 Å². The van der Waals surface area contributed by atoms with Gasteiger partial charge in [0.25, 0.3) is 0 Å². The minimum atomic E-state index is -0.507. The third-order valence-electron chi connectivity index (χ3n) is 4.41. The minimum Gasteiger partial charge on any atom is -0.386 e. The second kappa shape index (κ2) is 6.00. The topological polar surface area (TPSA) is 32.3 Å². The second-order valence-corrected chi connectivity index (χ2v) is 6.15. The lowest BCUT2D eigenvalue weighted by molar-refractivity contribution is 0.125. The third-order valence-corrected chi connectivity index (χ3v) is 4.41. The Kier molecular flexibility index (Phi) is 4.09. The number of nitrogens with one attached hydrogen (secondary N) is 1. The molecule has 2 N–H and O–H groups in total. The Hall–Kier alpha value is -1.64. The summed E-state index contributed by atoms with van der Waals surface area (Å²) in [6, 6.07) is 16.8. The van der Waals surface area contributed by atoms with Crippen molar-refractivity contribution in [2.75, 3.05) is 6.54 Å². The molecule has 0 bridgehead atoms. The van der Waals surface area contributed by atoms with Crippen LogP contribution in [0, 0.1) is 0 Å². The van der Waals surface area contributed by atoms with Crippen molar-refractivity contribution >= 4 is 0 Å². The number of rotatable bonds is 3. The smallest absolute Gasteiger partial charge is 0.0984 e. The summed E-state index contributed by atoms with van der Waals surface area (Å²) < 4.78 is 0. The van der Waals surface area contributed by atoms with Crippen LogP contribution in [0.3, 0.4) is 0 Å². The monoisotopic (exact) mass is 281 g/mol. The Morgan fingerprint density at radius 2 is 1.67 bits per heavy atom. The highest BCUT2D eigenvalue weighted by atomic mass is 16.3. The van der Waals surface area contributed by atoms with Crippen molar-refractivity contribution in [3.8, 4) is 0 Å². The van der Waals surface area contributed by atoms with Gasteiger partial charge in [0.15, 0.2) is 0 Å². The Balaban J connectivity index is 1.87. The van der Waals surface area contributed by atoms with E-state index < -0.39 is 6.10 Å². The van der Waals surface area contributed by atoms with Gasteiger partial charge in [0, 0.05) is 0 Å². The standard InChI is InChI=1S/C19H23NO/c1-13(2)14-7-9-16(10-8-14)19(21)18-17-6-4-3-5-15(17)11-12-20-18/h3-10,13,18-21H,11-12H2,1-2H3. The summed E-state index contributed by atoms with van der Waals surface area (Å²) >= 11 is 0. The van der Waals surface area contributed by atoms with Crippen LogP contribution in [0.4, 0.5) is 0 Å². The summed E-state index contributed by atoms with van der Waals surface area (Å²) in [7, 11) is 0. The van der Waals surface area contributed by atoms with E-state index in [0.29, 0.717) is 5.92 Å². The molecule has 2 unspecified atom stereocenters. The molecule has 2 aromatic rings. The fraction of sp³-hybridized carbons (Fsp3) is 0.368. The molecule has 110 valence electrons. The number of benzene rings is 2. The zero-order valence-electron chi connectivity index (χ0n) is 12.7. The predicted molar refractivity (Wildman–Crippen MR) is 86.4 cm³/mol. The second-order valence-electron chi connectivity index (χ2n) is 6.15. The lowest BCUT2D eigenvalue weighted by Gasteiger charge is -2.31. The van der Waals surface area contributed by atoms with E-state index in [0.717, 1.165) is 18.5 Å². The lowest BCUT2D eigenvalue weighted by atomic mass is 9.88. The molecule has 0 saturated heterocycles. The molecule has 1 heterocycles. The van der Waals surface area contributed by atoms with Crippen LogP contribution >= 0.6 is 0 Å². The van der Waals surface area contributed by atoms with Crippen molar-refractivity contribution in [2.24, 2.45) is 0 Å². The minimum absolute atomic E-state index is 0.0140. The van der Waals surface area contributed by atoms with Gasteiger partial charge in [-0.2, -0.15) is 0 Å². The van der Waals surface area contributed by atoms with Crippen LogP contribution in [0.5, 0.6) is 0 Å². The Morgan fingerprint density at radius 3 is 2.38 bits per heavy atom. The molecule has 2 heteroatoms. The van der Waals surface area contributed by atoms with Gasteiger partial charge in [-0.15, -0.1) is 0 Å². The SMILES string of the molecule is CC(C)c1ccc(C(O)C2NCCc3ccccc32)cc1. The van der Waals surface area contributed by atoms with E-state index in [1.807, 2.05) is 6.07 Å². The lowest BCUT2D eigenvalue weighted by Crippen LogP contribution is -2.33. The van der Waals surface area contributed by atoms with Gasteiger partial charge in [-0.25, -0.2) is 0 Å². The van der Waals surface area contributed by atoms with E-state index in [9.17, 15) is 5.11 Å². The van der Waals surface area contributed by atoms with E-state index in [2.05, 4.69) is 61.6 Å². The van der Waals surface area contributed by atoms with Gasteiger partial charge in [0.05, 0.1) is 12.1 Å². The van der Waals surface area contributed by atoms with Gasteiger partial charge in [-0.3, -0.25) is 0 Å². The maximum Gasteiger partial charge on any atom is 0.0984 e. The van der Waals surface area contributed by atoms with Crippen molar-refractivity contribution in [3.05, 3.63) is 70.8 Å². The fourth-order valence-corrected chi connectivity index (χ4v) is 3.09. The molecule has 0 spiro atoms. The maximum atomic E-state index is 10.8. The summed E-state index contributed by atoms with van der Waals surface area (Å²) in [4.78, 5) is 0. The first-order valence-corrected chi connectivity index (χ1v) is 7.76.